The van der Waals surface area contributed by atoms with Gasteiger partial charge in [-0.2, -0.15) is 0 Å². The number of nitrogens with one attached hydrogen (secondary N) is 2. The molecule has 0 bridgehead atoms. The summed E-state index contributed by atoms with van der Waals surface area (Å²) in [5.74, 6) is -1.94. The number of carboxylic acids is 1. The summed E-state index contributed by atoms with van der Waals surface area (Å²) < 4.78 is 5.52. The largest absolute Gasteiger partial charge is 0.480 e. The lowest BCUT2D eigenvalue weighted by Gasteiger charge is -2.15. The molecule has 8 heteroatoms. The molecule has 0 radical (unpaired) electrons. The van der Waals surface area contributed by atoms with Crippen LogP contribution in [0.15, 0.2) is 72.8 Å². The number of aliphatic carboxylic acids is 1. The Balaban J connectivity index is 1.40. The van der Waals surface area contributed by atoms with Gasteiger partial charge < -0.3 is 20.3 Å². The van der Waals surface area contributed by atoms with E-state index in [1.165, 1.54) is 12.1 Å². The highest BCUT2D eigenvalue weighted by molar-refractivity contribution is 5.98. The zero-order valence-corrected chi connectivity index (χ0v) is 18.2. The third-order valence-corrected chi connectivity index (χ3v) is 5.74. The van der Waals surface area contributed by atoms with Crippen LogP contribution in [0.5, 0.6) is 0 Å². The Hall–Kier alpha value is -4.17. The standard InChI is InChI=1S/C26H24N2O6/c29-13-12-23(25(31)32)28-24(30)16-6-5-7-17(14-16)27-26(33)34-15-22-20-10-3-1-8-18(20)19-9-2-4-11-21(19)22/h1-11,14,22-23,29H,12-13,15H2,(H,27,33)(H,28,30)(H,31,32). The molecule has 0 spiro atoms. The molecule has 1 aliphatic rings. The Morgan fingerprint density at radius 1 is 0.912 bits per heavy atom. The number of rotatable bonds is 8. The van der Waals surface area contributed by atoms with Crippen LogP contribution in [0.25, 0.3) is 11.1 Å². The van der Waals surface area contributed by atoms with Crippen molar-refractivity contribution in [1.29, 1.82) is 0 Å². The van der Waals surface area contributed by atoms with Gasteiger partial charge in [0, 0.05) is 30.2 Å². The number of hydrogen-bond acceptors (Lipinski definition) is 5. The average molecular weight is 460 g/mol. The van der Waals surface area contributed by atoms with Crippen molar-refractivity contribution in [2.24, 2.45) is 0 Å². The first kappa shape index (κ1) is 23.0. The van der Waals surface area contributed by atoms with Gasteiger partial charge in [-0.15, -0.1) is 0 Å². The highest BCUT2D eigenvalue weighted by Gasteiger charge is 2.29. The lowest BCUT2D eigenvalue weighted by atomic mass is 9.98. The number of aliphatic hydroxyl groups is 1. The third kappa shape index (κ3) is 4.92. The molecule has 3 aromatic carbocycles. The summed E-state index contributed by atoms with van der Waals surface area (Å²) in [6.07, 6.45) is -0.776. The van der Waals surface area contributed by atoms with Gasteiger partial charge in [0.05, 0.1) is 0 Å². The molecule has 4 N–H and O–H groups in total. The number of fused-ring (bicyclic) bond motifs is 3. The van der Waals surface area contributed by atoms with E-state index in [0.717, 1.165) is 22.3 Å². The summed E-state index contributed by atoms with van der Waals surface area (Å²) >= 11 is 0. The van der Waals surface area contributed by atoms with Crippen LogP contribution in [0, 0.1) is 0 Å². The van der Waals surface area contributed by atoms with E-state index in [9.17, 15) is 14.4 Å². The Bertz CT molecular complexity index is 1180. The second-order valence-electron chi connectivity index (χ2n) is 7.91. The van der Waals surface area contributed by atoms with E-state index in [2.05, 4.69) is 22.8 Å². The lowest BCUT2D eigenvalue weighted by Crippen LogP contribution is -2.41. The summed E-state index contributed by atoms with van der Waals surface area (Å²) in [5.41, 5.74) is 4.97. The fourth-order valence-corrected chi connectivity index (χ4v) is 4.12. The quantitative estimate of drug-likeness (QED) is 0.407. The Morgan fingerprint density at radius 3 is 2.18 bits per heavy atom. The summed E-state index contributed by atoms with van der Waals surface area (Å²) in [6, 6.07) is 20.9. The van der Waals surface area contributed by atoms with Crippen molar-refractivity contribution in [2.45, 2.75) is 18.4 Å². The molecule has 1 aliphatic carbocycles. The van der Waals surface area contributed by atoms with Gasteiger partial charge in [0.25, 0.3) is 5.91 Å². The van der Waals surface area contributed by atoms with Gasteiger partial charge in [-0.1, -0.05) is 54.6 Å². The predicted octanol–water partition coefficient (Wildman–Crippen LogP) is 3.61. The molecular weight excluding hydrogens is 436 g/mol. The molecule has 0 saturated carbocycles. The second-order valence-corrected chi connectivity index (χ2v) is 7.91. The summed E-state index contributed by atoms with van der Waals surface area (Å²) in [6.45, 7) is -0.220. The minimum atomic E-state index is -1.24. The topological polar surface area (TPSA) is 125 Å². The van der Waals surface area contributed by atoms with E-state index in [-0.39, 0.29) is 31.1 Å². The number of ether oxygens (including phenoxy) is 1. The summed E-state index contributed by atoms with van der Waals surface area (Å²) in [7, 11) is 0. The number of hydrogen-bond donors (Lipinski definition) is 4. The van der Waals surface area contributed by atoms with E-state index in [1.54, 1.807) is 12.1 Å². The van der Waals surface area contributed by atoms with Gasteiger partial charge >= 0.3 is 12.1 Å². The molecule has 4 rings (SSSR count). The molecule has 0 aromatic heterocycles. The number of anilines is 1. The maximum atomic E-state index is 12.5. The van der Waals surface area contributed by atoms with Gasteiger partial charge in [0.15, 0.2) is 0 Å². The first-order chi connectivity index (χ1) is 16.5. The van der Waals surface area contributed by atoms with Crippen molar-refractivity contribution in [2.75, 3.05) is 18.5 Å². The van der Waals surface area contributed by atoms with Crippen LogP contribution in [0.2, 0.25) is 0 Å². The van der Waals surface area contributed by atoms with Gasteiger partial charge in [-0.3, -0.25) is 10.1 Å². The molecule has 1 atom stereocenters. The highest BCUT2D eigenvalue weighted by atomic mass is 16.5. The van der Waals surface area contributed by atoms with Gasteiger partial charge in [-0.05, 0) is 40.5 Å². The van der Waals surface area contributed by atoms with Crippen molar-refractivity contribution in [3.05, 3.63) is 89.5 Å². The SMILES string of the molecule is O=C(Nc1cccc(C(=O)NC(CCO)C(=O)O)c1)OCC1c2ccccc2-c2ccccc21. The maximum Gasteiger partial charge on any atom is 0.411 e. The van der Waals surface area contributed by atoms with E-state index in [4.69, 9.17) is 14.9 Å². The molecule has 2 amide bonds. The van der Waals surface area contributed by atoms with Crippen molar-refractivity contribution in [1.82, 2.24) is 5.32 Å². The summed E-state index contributed by atoms with van der Waals surface area (Å²) in [5, 5.41) is 23.1. The zero-order valence-electron chi connectivity index (χ0n) is 18.2. The smallest absolute Gasteiger partial charge is 0.411 e. The first-order valence-corrected chi connectivity index (χ1v) is 10.8. The molecule has 3 aromatic rings. The predicted molar refractivity (Wildman–Crippen MR) is 126 cm³/mol. The molecule has 0 fully saturated rings. The van der Waals surface area contributed by atoms with Crippen LogP contribution in [-0.4, -0.2) is 47.4 Å². The van der Waals surface area contributed by atoms with E-state index in [0.29, 0.717) is 5.69 Å². The molecule has 174 valence electrons. The second kappa shape index (κ2) is 10.2. The van der Waals surface area contributed by atoms with Gasteiger partial charge in [0.1, 0.15) is 12.6 Å². The monoisotopic (exact) mass is 460 g/mol. The van der Waals surface area contributed by atoms with Gasteiger partial charge in [0.2, 0.25) is 0 Å². The first-order valence-electron chi connectivity index (χ1n) is 10.8. The molecule has 8 nitrogen and oxygen atoms in total. The van der Waals surface area contributed by atoms with E-state index >= 15 is 0 Å². The Kier molecular flexibility index (Phi) is 6.89. The van der Waals surface area contributed by atoms with Crippen LogP contribution >= 0.6 is 0 Å². The number of amides is 2. The van der Waals surface area contributed by atoms with E-state index < -0.39 is 24.0 Å². The lowest BCUT2D eigenvalue weighted by molar-refractivity contribution is -0.139. The molecule has 0 saturated heterocycles. The molecule has 0 heterocycles. The van der Waals surface area contributed by atoms with Crippen LogP contribution in [0.3, 0.4) is 0 Å². The minimum Gasteiger partial charge on any atom is -0.480 e. The Labute approximate surface area is 196 Å². The number of carbonyl (C=O) groups excluding carboxylic acids is 2. The molecular formula is C26H24N2O6. The zero-order chi connectivity index (χ0) is 24.1. The van der Waals surface area contributed by atoms with Crippen LogP contribution < -0.4 is 10.6 Å². The van der Waals surface area contributed by atoms with Crippen molar-refractivity contribution in [3.8, 4) is 11.1 Å². The van der Waals surface area contributed by atoms with Gasteiger partial charge in [-0.25, -0.2) is 9.59 Å². The fourth-order valence-electron chi connectivity index (χ4n) is 4.12. The number of benzene rings is 3. The average Bonchev–Trinajstić information content (AvgIpc) is 3.16. The van der Waals surface area contributed by atoms with Crippen LogP contribution in [-0.2, 0) is 9.53 Å². The van der Waals surface area contributed by atoms with Crippen LogP contribution in [0.1, 0.15) is 33.8 Å². The maximum absolute atomic E-state index is 12.5. The van der Waals surface area contributed by atoms with Crippen molar-refractivity contribution < 1.29 is 29.3 Å². The Morgan fingerprint density at radius 2 is 1.56 bits per heavy atom. The van der Waals surface area contributed by atoms with Crippen molar-refractivity contribution >= 4 is 23.7 Å². The normalized spacial score (nSPS) is 12.9. The molecule has 0 aliphatic heterocycles. The third-order valence-electron chi connectivity index (χ3n) is 5.74. The number of carbonyl (C=O) groups is 3. The van der Waals surface area contributed by atoms with E-state index in [1.807, 2.05) is 36.4 Å². The molecule has 1 unspecified atom stereocenters. The van der Waals surface area contributed by atoms with Crippen molar-refractivity contribution in [3.63, 3.8) is 0 Å². The number of carboxylic acid groups (broad SMARTS) is 1. The minimum absolute atomic E-state index is 0.0743. The summed E-state index contributed by atoms with van der Waals surface area (Å²) in [4.78, 5) is 36.1. The molecule has 34 heavy (non-hydrogen) atoms. The number of aliphatic hydroxyl groups excluding tert-OH is 1. The highest BCUT2D eigenvalue weighted by Crippen LogP contribution is 2.44. The fraction of sp³-hybridized carbons (Fsp3) is 0.192. The van der Waals surface area contributed by atoms with Crippen LogP contribution in [0.4, 0.5) is 10.5 Å².